The van der Waals surface area contributed by atoms with E-state index in [4.69, 9.17) is 11.6 Å². The number of anilines is 1. The molecule has 0 unspecified atom stereocenters. The van der Waals surface area contributed by atoms with Gasteiger partial charge in [0.25, 0.3) is 21.0 Å². The highest BCUT2D eigenvalue weighted by Crippen LogP contribution is 2.48. The van der Waals surface area contributed by atoms with Crippen LogP contribution in [0.1, 0.15) is 5.01 Å². The molecule has 0 amide bonds. The van der Waals surface area contributed by atoms with E-state index < -0.39 is 32.0 Å². The smallest absolute Gasteiger partial charge is 0.317 e. The fourth-order valence-corrected chi connectivity index (χ4v) is 8.47. The lowest BCUT2D eigenvalue weighted by atomic mass is 10.0. The summed E-state index contributed by atoms with van der Waals surface area (Å²) in [4.78, 5) is 2.14. The largest absolute Gasteiger partial charge is 0.326 e. The summed E-state index contributed by atoms with van der Waals surface area (Å²) in [7, 11) is -8.85. The molecule has 5 aromatic rings. The van der Waals surface area contributed by atoms with Crippen molar-refractivity contribution in [3.8, 4) is 0 Å². The molecule has 38 heavy (non-hydrogen) atoms. The van der Waals surface area contributed by atoms with Gasteiger partial charge in [-0.3, -0.25) is 9.11 Å². The van der Waals surface area contributed by atoms with Gasteiger partial charge in [0.1, 0.15) is 4.70 Å². The lowest BCUT2D eigenvalue weighted by Crippen LogP contribution is -2.39. The highest BCUT2D eigenvalue weighted by Gasteiger charge is 2.32. The molecule has 194 valence electrons. The van der Waals surface area contributed by atoms with Gasteiger partial charge in [-0.25, -0.2) is 0 Å². The molecular formula is C25H18ClN2O6S4+. The maximum absolute atomic E-state index is 12.1. The number of fused-ring (bicyclic) bond motifs is 6. The third-order valence-electron chi connectivity index (χ3n) is 6.13. The second kappa shape index (κ2) is 9.19. The first-order chi connectivity index (χ1) is 18.0. The Bertz CT molecular complexity index is 2040. The van der Waals surface area contributed by atoms with E-state index in [2.05, 4.69) is 0 Å². The highest BCUT2D eigenvalue weighted by molar-refractivity contribution is 8.04. The van der Waals surface area contributed by atoms with E-state index in [9.17, 15) is 25.9 Å². The summed E-state index contributed by atoms with van der Waals surface area (Å²) in [5.74, 6) is -1.41. The van der Waals surface area contributed by atoms with Crippen molar-refractivity contribution >= 4 is 98.5 Å². The zero-order valence-corrected chi connectivity index (χ0v) is 23.3. The van der Waals surface area contributed by atoms with Crippen LogP contribution in [0.15, 0.2) is 76.7 Å². The summed E-state index contributed by atoms with van der Waals surface area (Å²) in [6.07, 6.45) is 1.66. The van der Waals surface area contributed by atoms with E-state index in [-0.39, 0.29) is 0 Å². The maximum atomic E-state index is 12.1. The molecule has 0 radical (unpaired) electrons. The number of benzene rings is 4. The van der Waals surface area contributed by atoms with E-state index in [1.165, 1.54) is 32.6 Å². The topological polar surface area (TPSA) is 116 Å². The molecule has 0 aliphatic carbocycles. The number of nitrogens with zero attached hydrogens (tertiary/aromatic N) is 2. The molecule has 6 rings (SSSR count). The molecule has 2 heterocycles. The molecule has 8 nitrogen and oxygen atoms in total. The summed E-state index contributed by atoms with van der Waals surface area (Å²) >= 11 is 8.72. The summed E-state index contributed by atoms with van der Waals surface area (Å²) in [6.45, 7) is 0. The fourth-order valence-electron chi connectivity index (χ4n) is 4.67. The van der Waals surface area contributed by atoms with Crippen molar-refractivity contribution in [3.63, 3.8) is 0 Å². The molecule has 0 spiro atoms. The van der Waals surface area contributed by atoms with Gasteiger partial charge in [0, 0.05) is 9.92 Å². The zero-order valence-electron chi connectivity index (χ0n) is 19.3. The van der Waals surface area contributed by atoms with Crippen LogP contribution in [0.25, 0.3) is 37.8 Å². The fraction of sp³-hybridized carbons (Fsp3) is 0.0800. The van der Waals surface area contributed by atoms with Crippen LogP contribution in [0.4, 0.5) is 5.69 Å². The molecule has 13 heteroatoms. The molecule has 1 aliphatic heterocycles. The number of thioether (sulfide) groups is 1. The first-order valence-corrected chi connectivity index (χ1v) is 16.3. The molecular weight excluding hydrogens is 588 g/mol. The van der Waals surface area contributed by atoms with E-state index in [0.29, 0.717) is 26.3 Å². The number of hydrogen-bond donors (Lipinski definition) is 2. The van der Waals surface area contributed by atoms with Gasteiger partial charge in [-0.1, -0.05) is 71.1 Å². The van der Waals surface area contributed by atoms with Gasteiger partial charge in [-0.2, -0.15) is 21.4 Å². The van der Waals surface area contributed by atoms with Crippen molar-refractivity contribution in [1.29, 1.82) is 0 Å². The van der Waals surface area contributed by atoms with Crippen LogP contribution in [0.2, 0.25) is 5.02 Å². The number of aromatic nitrogens is 1. The van der Waals surface area contributed by atoms with E-state index in [1.807, 2.05) is 48.5 Å². The predicted octanol–water partition coefficient (Wildman–Crippen LogP) is 5.75. The Morgan fingerprint density at radius 2 is 1.66 bits per heavy atom. The lowest BCUT2D eigenvalue weighted by molar-refractivity contribution is -0.648. The van der Waals surface area contributed by atoms with Crippen LogP contribution in [0.5, 0.6) is 0 Å². The average Bonchev–Trinajstić information content (AvgIpc) is 3.34. The minimum Gasteiger partial charge on any atom is -0.317 e. The van der Waals surface area contributed by atoms with Crippen LogP contribution in [-0.4, -0.2) is 31.8 Å². The molecule has 0 atom stereocenters. The van der Waals surface area contributed by atoms with Crippen molar-refractivity contribution in [2.45, 2.75) is 10.8 Å². The molecule has 1 aromatic heterocycles. The van der Waals surface area contributed by atoms with Gasteiger partial charge in [-0.15, -0.1) is 0 Å². The predicted molar refractivity (Wildman–Crippen MR) is 153 cm³/mol. The Morgan fingerprint density at radius 3 is 2.42 bits per heavy atom. The summed E-state index contributed by atoms with van der Waals surface area (Å²) in [5, 5.41) is 5.11. The first-order valence-electron chi connectivity index (χ1n) is 11.1. The number of halogens is 1. The maximum Gasteiger partial charge on any atom is 0.326 e. The van der Waals surface area contributed by atoms with Crippen molar-refractivity contribution < 1.29 is 30.5 Å². The van der Waals surface area contributed by atoms with Gasteiger partial charge < -0.3 is 4.90 Å². The monoisotopic (exact) mass is 605 g/mol. The Kier molecular flexibility index (Phi) is 6.18. The van der Waals surface area contributed by atoms with Crippen molar-refractivity contribution in [3.05, 3.63) is 81.8 Å². The lowest BCUT2D eigenvalue weighted by Gasteiger charge is -2.18. The van der Waals surface area contributed by atoms with Crippen LogP contribution >= 0.6 is 34.7 Å². The average molecular weight is 606 g/mol. The number of hydrogen-bond acceptors (Lipinski definition) is 7. The van der Waals surface area contributed by atoms with Gasteiger partial charge in [0.2, 0.25) is 5.52 Å². The molecule has 0 bridgehead atoms. The molecule has 0 saturated heterocycles. The normalized spacial score (nSPS) is 15.2. The zero-order chi connectivity index (χ0) is 26.8. The first kappa shape index (κ1) is 25.6. The Morgan fingerprint density at radius 1 is 0.895 bits per heavy atom. The van der Waals surface area contributed by atoms with E-state index >= 15 is 0 Å². The second-order valence-electron chi connectivity index (χ2n) is 8.71. The molecule has 0 saturated carbocycles. The SMILES string of the molecule is O=S(=O)(O)CN1C(=Cc2sc3ccc4c5ccccc5ccc4c3[n+]2CS(=O)(=O)O)Sc2ccc(Cl)cc21. The van der Waals surface area contributed by atoms with Crippen molar-refractivity contribution in [2.75, 3.05) is 10.8 Å². The molecule has 4 aromatic carbocycles. The summed E-state index contributed by atoms with van der Waals surface area (Å²) in [5.41, 5.74) is 1.14. The Labute approximate surface area is 231 Å². The number of rotatable bonds is 5. The quantitative estimate of drug-likeness (QED) is 0.148. The minimum absolute atomic E-state index is 0.396. The molecule has 2 N–H and O–H groups in total. The Balaban J connectivity index is 1.61. The van der Waals surface area contributed by atoms with E-state index in [0.717, 1.165) is 31.1 Å². The van der Waals surface area contributed by atoms with Crippen LogP contribution < -0.4 is 9.47 Å². The van der Waals surface area contributed by atoms with Crippen LogP contribution in [0.3, 0.4) is 0 Å². The minimum atomic E-state index is -4.44. The third-order valence-corrected chi connectivity index (χ3v) is 9.75. The second-order valence-corrected chi connectivity index (χ2v) is 14.1. The summed E-state index contributed by atoms with van der Waals surface area (Å²) < 4.78 is 69.7. The standard InChI is InChI=1S/C25H17ClN2O6S4/c26-16-6-9-21-20(11-16)27(13-37(29,30)31)23(35-21)12-24-28(14-38(32,33)34)25-19-7-5-15-3-1-2-4-17(15)18(19)8-10-22(25)36-24/h1-12H,13-14H2,(H-,29,30,31,32,33,34)/p+1. The van der Waals surface area contributed by atoms with Crippen molar-refractivity contribution in [2.24, 2.45) is 0 Å². The van der Waals surface area contributed by atoms with Crippen LogP contribution in [-0.2, 0) is 26.1 Å². The highest BCUT2D eigenvalue weighted by atomic mass is 35.5. The van der Waals surface area contributed by atoms with E-state index in [1.54, 1.807) is 24.3 Å². The Hall–Kier alpha value is -2.71. The number of thiazole rings is 1. The third kappa shape index (κ3) is 4.77. The molecule has 0 fully saturated rings. The van der Waals surface area contributed by atoms with Gasteiger partial charge >= 0.3 is 10.1 Å². The summed E-state index contributed by atoms with van der Waals surface area (Å²) in [6, 6.07) is 20.7. The molecule has 1 aliphatic rings. The van der Waals surface area contributed by atoms with Gasteiger partial charge in [0.15, 0.2) is 5.88 Å². The van der Waals surface area contributed by atoms with Gasteiger partial charge in [-0.05, 0) is 46.5 Å². The van der Waals surface area contributed by atoms with Crippen LogP contribution in [0, 0.1) is 0 Å². The van der Waals surface area contributed by atoms with Crippen molar-refractivity contribution in [1.82, 2.24) is 0 Å². The van der Waals surface area contributed by atoms with Gasteiger partial charge in [0.05, 0.1) is 22.2 Å².